The maximum atomic E-state index is 12.2. The minimum Gasteiger partial charge on any atom is -0.466 e. The van der Waals surface area contributed by atoms with Crippen LogP contribution in [0.3, 0.4) is 0 Å². The van der Waals surface area contributed by atoms with Crippen molar-refractivity contribution in [3.8, 4) is 11.3 Å². The van der Waals surface area contributed by atoms with Crippen molar-refractivity contribution in [1.29, 1.82) is 0 Å². The van der Waals surface area contributed by atoms with Gasteiger partial charge in [-0.05, 0) is 43.3 Å². The van der Waals surface area contributed by atoms with Gasteiger partial charge in [-0.3, -0.25) is 0 Å². The topological polar surface area (TPSA) is 104 Å². The maximum Gasteiger partial charge on any atom is 0.367 e. The van der Waals surface area contributed by atoms with Crippen LogP contribution in [0.25, 0.3) is 17.4 Å². The van der Waals surface area contributed by atoms with Crippen molar-refractivity contribution in [2.24, 2.45) is 5.16 Å². The van der Waals surface area contributed by atoms with E-state index in [1.807, 2.05) is 0 Å². The van der Waals surface area contributed by atoms with Gasteiger partial charge in [-0.2, -0.15) is 0 Å². The molecule has 0 fully saturated rings. The molecule has 0 spiro atoms. The third-order valence-corrected chi connectivity index (χ3v) is 4.14. The molecule has 1 aliphatic rings. The van der Waals surface area contributed by atoms with Crippen LogP contribution in [0.5, 0.6) is 0 Å². The Morgan fingerprint density at radius 1 is 1.25 bits per heavy atom. The Hall–Kier alpha value is -3.39. The number of rotatable bonds is 5. The van der Waals surface area contributed by atoms with E-state index < -0.39 is 24.5 Å². The standard InChI is InChI=1S/C19H14ClNO7/c1-10-13(19(24)28-21-10)8-12-4-6-16(27-12)11-3-5-15(20)14(7-11)18(23)26-9-17(22)25-2/h3-8H,9H2,1-2H3/b13-8-. The lowest BCUT2D eigenvalue weighted by Crippen LogP contribution is -2.15. The number of nitrogens with zero attached hydrogens (tertiary/aromatic N) is 1. The second-order valence-corrected chi connectivity index (χ2v) is 6.07. The minimum absolute atomic E-state index is 0.0710. The van der Waals surface area contributed by atoms with Crippen LogP contribution >= 0.6 is 11.6 Å². The van der Waals surface area contributed by atoms with Crippen LogP contribution in [-0.2, 0) is 23.9 Å². The lowest BCUT2D eigenvalue weighted by atomic mass is 10.1. The first-order valence-corrected chi connectivity index (χ1v) is 8.38. The van der Waals surface area contributed by atoms with Crippen molar-refractivity contribution in [3.05, 3.63) is 52.3 Å². The summed E-state index contributed by atoms with van der Waals surface area (Å²) in [7, 11) is 1.19. The van der Waals surface area contributed by atoms with Crippen molar-refractivity contribution in [2.45, 2.75) is 6.92 Å². The number of esters is 2. The molecule has 8 nitrogen and oxygen atoms in total. The van der Waals surface area contributed by atoms with Gasteiger partial charge in [-0.15, -0.1) is 0 Å². The molecule has 1 aliphatic heterocycles. The Morgan fingerprint density at radius 2 is 2.04 bits per heavy atom. The highest BCUT2D eigenvalue weighted by Crippen LogP contribution is 2.28. The lowest BCUT2D eigenvalue weighted by molar-refractivity contribution is -0.144. The van der Waals surface area contributed by atoms with E-state index in [0.29, 0.717) is 28.4 Å². The van der Waals surface area contributed by atoms with Crippen molar-refractivity contribution in [2.75, 3.05) is 13.7 Å². The molecule has 0 atom stereocenters. The second-order valence-electron chi connectivity index (χ2n) is 5.66. The van der Waals surface area contributed by atoms with Crippen LogP contribution in [0, 0.1) is 0 Å². The summed E-state index contributed by atoms with van der Waals surface area (Å²) in [4.78, 5) is 39.5. The summed E-state index contributed by atoms with van der Waals surface area (Å²) in [5, 5.41) is 3.75. The summed E-state index contributed by atoms with van der Waals surface area (Å²) in [6.45, 7) is 1.12. The van der Waals surface area contributed by atoms with Crippen molar-refractivity contribution < 1.29 is 33.1 Å². The zero-order chi connectivity index (χ0) is 20.3. The van der Waals surface area contributed by atoms with Gasteiger partial charge in [-0.25, -0.2) is 14.4 Å². The molecule has 2 heterocycles. The van der Waals surface area contributed by atoms with Gasteiger partial charge < -0.3 is 18.7 Å². The predicted octanol–water partition coefficient (Wildman–Crippen LogP) is 3.25. The zero-order valence-corrected chi connectivity index (χ0v) is 15.6. The Bertz CT molecular complexity index is 1020. The molecule has 9 heteroatoms. The molecule has 0 unspecified atom stereocenters. The minimum atomic E-state index is -0.772. The van der Waals surface area contributed by atoms with Crippen LogP contribution in [0.4, 0.5) is 0 Å². The van der Waals surface area contributed by atoms with Gasteiger partial charge in [0.1, 0.15) is 11.5 Å². The van der Waals surface area contributed by atoms with Gasteiger partial charge in [0.05, 0.1) is 29.0 Å². The molecule has 0 radical (unpaired) electrons. The molecule has 0 bridgehead atoms. The number of carbonyl (C=O) groups excluding carboxylic acids is 3. The van der Waals surface area contributed by atoms with E-state index in [4.69, 9.17) is 20.8 Å². The predicted molar refractivity (Wildman–Crippen MR) is 98.6 cm³/mol. The molecule has 2 aromatic rings. The zero-order valence-electron chi connectivity index (χ0n) is 14.9. The van der Waals surface area contributed by atoms with Crippen molar-refractivity contribution >= 4 is 41.3 Å². The van der Waals surface area contributed by atoms with Crippen LogP contribution in [0.15, 0.2) is 45.5 Å². The molecule has 0 N–H and O–H groups in total. The fourth-order valence-electron chi connectivity index (χ4n) is 2.34. The largest absolute Gasteiger partial charge is 0.466 e. The highest BCUT2D eigenvalue weighted by molar-refractivity contribution is 6.33. The Labute approximate surface area is 164 Å². The van der Waals surface area contributed by atoms with Crippen LogP contribution in [0.1, 0.15) is 23.0 Å². The average molecular weight is 404 g/mol. The third kappa shape index (κ3) is 4.12. The summed E-state index contributed by atoms with van der Waals surface area (Å²) in [5.74, 6) is -1.17. The van der Waals surface area contributed by atoms with E-state index in [-0.39, 0.29) is 10.6 Å². The van der Waals surface area contributed by atoms with E-state index in [0.717, 1.165) is 0 Å². The van der Waals surface area contributed by atoms with Gasteiger partial charge in [-0.1, -0.05) is 16.8 Å². The van der Waals surface area contributed by atoms with Gasteiger partial charge in [0, 0.05) is 5.56 Å². The van der Waals surface area contributed by atoms with Crippen LogP contribution < -0.4 is 0 Å². The Balaban J connectivity index is 1.83. The van der Waals surface area contributed by atoms with E-state index in [1.165, 1.54) is 25.3 Å². The first-order valence-electron chi connectivity index (χ1n) is 8.00. The molecule has 1 aromatic heterocycles. The summed E-state index contributed by atoms with van der Waals surface area (Å²) in [5.41, 5.74) is 1.37. The maximum absolute atomic E-state index is 12.2. The lowest BCUT2D eigenvalue weighted by Gasteiger charge is -2.07. The first-order chi connectivity index (χ1) is 13.4. The van der Waals surface area contributed by atoms with Crippen molar-refractivity contribution in [3.63, 3.8) is 0 Å². The molecule has 0 amide bonds. The molecule has 0 saturated heterocycles. The molecule has 1 aromatic carbocycles. The SMILES string of the molecule is COC(=O)COC(=O)c1cc(-c2ccc(/C=C3\C(=O)ON=C3C)o2)ccc1Cl. The monoisotopic (exact) mass is 403 g/mol. The van der Waals surface area contributed by atoms with Gasteiger partial charge in [0.2, 0.25) is 0 Å². The fourth-order valence-corrected chi connectivity index (χ4v) is 2.54. The Morgan fingerprint density at radius 3 is 2.71 bits per heavy atom. The smallest absolute Gasteiger partial charge is 0.367 e. The van der Waals surface area contributed by atoms with E-state index >= 15 is 0 Å². The summed E-state index contributed by atoms with van der Waals surface area (Å²) in [6, 6.07) is 7.98. The molecule has 3 rings (SSSR count). The first kappa shape index (κ1) is 19.4. The van der Waals surface area contributed by atoms with Crippen LogP contribution in [-0.4, -0.2) is 37.3 Å². The summed E-state index contributed by atoms with van der Waals surface area (Å²) < 4.78 is 15.0. The molecule has 28 heavy (non-hydrogen) atoms. The van der Waals surface area contributed by atoms with Crippen LogP contribution in [0.2, 0.25) is 5.02 Å². The van der Waals surface area contributed by atoms with E-state index in [1.54, 1.807) is 25.1 Å². The van der Waals surface area contributed by atoms with E-state index in [2.05, 4.69) is 14.7 Å². The number of halogens is 1. The quantitative estimate of drug-likeness (QED) is 0.428. The number of benzene rings is 1. The highest BCUT2D eigenvalue weighted by Gasteiger charge is 2.22. The van der Waals surface area contributed by atoms with Gasteiger partial charge in [0.15, 0.2) is 6.61 Å². The number of hydrogen-bond acceptors (Lipinski definition) is 8. The number of furan rings is 1. The summed E-state index contributed by atoms with van der Waals surface area (Å²) >= 11 is 6.06. The molecular weight excluding hydrogens is 390 g/mol. The normalized spacial score (nSPS) is 14.6. The molecule has 0 aliphatic carbocycles. The van der Waals surface area contributed by atoms with Gasteiger partial charge >= 0.3 is 17.9 Å². The third-order valence-electron chi connectivity index (χ3n) is 3.81. The highest BCUT2D eigenvalue weighted by atomic mass is 35.5. The average Bonchev–Trinajstić information content (AvgIpc) is 3.28. The second kappa shape index (κ2) is 8.10. The van der Waals surface area contributed by atoms with Crippen molar-refractivity contribution in [1.82, 2.24) is 0 Å². The molecular formula is C19H14ClNO7. The number of carbonyl (C=O) groups is 3. The Kier molecular flexibility index (Phi) is 5.60. The number of ether oxygens (including phenoxy) is 2. The summed E-state index contributed by atoms with van der Waals surface area (Å²) in [6.07, 6.45) is 1.51. The number of hydrogen-bond donors (Lipinski definition) is 0. The number of methoxy groups -OCH3 is 1. The van der Waals surface area contributed by atoms with Gasteiger partial charge in [0.25, 0.3) is 0 Å². The molecule has 0 saturated carbocycles. The molecule has 144 valence electrons. The fraction of sp³-hybridized carbons (Fsp3) is 0.158. The van der Waals surface area contributed by atoms with E-state index in [9.17, 15) is 14.4 Å². The number of oxime groups is 1.